The highest BCUT2D eigenvalue weighted by Crippen LogP contribution is 2.33. The van der Waals surface area contributed by atoms with E-state index >= 15 is 0 Å². The number of rotatable bonds is 8. The Bertz CT molecular complexity index is 1180. The van der Waals surface area contributed by atoms with Crippen LogP contribution in [-0.2, 0) is 6.61 Å². The fraction of sp³-hybridized carbons (Fsp3) is 0.115. The van der Waals surface area contributed by atoms with Gasteiger partial charge in [-0.15, -0.1) is 0 Å². The van der Waals surface area contributed by atoms with Crippen molar-refractivity contribution in [2.75, 3.05) is 19.5 Å². The normalized spacial score (nSPS) is 10.4. The monoisotopic (exact) mass is 429 g/mol. The van der Waals surface area contributed by atoms with Crippen LogP contribution in [0.2, 0.25) is 0 Å². The van der Waals surface area contributed by atoms with Crippen LogP contribution in [0, 0.1) is 0 Å². The Kier molecular flexibility index (Phi) is 6.41. The molecule has 32 heavy (non-hydrogen) atoms. The third kappa shape index (κ3) is 4.75. The van der Waals surface area contributed by atoms with Crippen molar-refractivity contribution in [1.29, 1.82) is 0 Å². The molecule has 1 aromatic heterocycles. The molecule has 0 aliphatic rings. The Hall–Kier alpha value is -4.19. The number of hydrogen-bond acceptors (Lipinski definition) is 5. The molecule has 0 atom stereocenters. The molecule has 4 aromatic rings. The highest BCUT2D eigenvalue weighted by Gasteiger charge is 2.17. The second kappa shape index (κ2) is 9.75. The smallest absolute Gasteiger partial charge is 0.291 e. The lowest BCUT2D eigenvalue weighted by atomic mass is 10.0. The van der Waals surface area contributed by atoms with Gasteiger partial charge in [-0.1, -0.05) is 30.3 Å². The summed E-state index contributed by atoms with van der Waals surface area (Å²) in [6.07, 6.45) is 1.48. The Morgan fingerprint density at radius 3 is 2.38 bits per heavy atom. The Morgan fingerprint density at radius 1 is 0.875 bits per heavy atom. The first-order valence-electron chi connectivity index (χ1n) is 10.1. The zero-order valence-corrected chi connectivity index (χ0v) is 17.8. The fourth-order valence-corrected chi connectivity index (χ4v) is 3.30. The molecule has 0 saturated carbocycles. The number of benzene rings is 3. The van der Waals surface area contributed by atoms with E-state index in [0.717, 1.165) is 22.6 Å². The molecule has 162 valence electrons. The van der Waals surface area contributed by atoms with E-state index in [2.05, 4.69) is 5.32 Å². The molecule has 0 unspecified atom stereocenters. The largest absolute Gasteiger partial charge is 0.497 e. The quantitative estimate of drug-likeness (QED) is 0.384. The zero-order chi connectivity index (χ0) is 22.3. The molecular weight excluding hydrogens is 406 g/mol. The van der Waals surface area contributed by atoms with Crippen molar-refractivity contribution in [1.82, 2.24) is 0 Å². The minimum absolute atomic E-state index is 0.211. The lowest BCUT2D eigenvalue weighted by Gasteiger charge is -2.12. The van der Waals surface area contributed by atoms with E-state index in [-0.39, 0.29) is 18.3 Å². The molecule has 0 aliphatic heterocycles. The maximum Gasteiger partial charge on any atom is 0.291 e. The van der Waals surface area contributed by atoms with Crippen LogP contribution in [0.15, 0.2) is 89.5 Å². The zero-order valence-electron chi connectivity index (χ0n) is 17.8. The van der Waals surface area contributed by atoms with Crippen LogP contribution in [0.25, 0.3) is 11.1 Å². The molecule has 4 rings (SSSR count). The molecule has 0 bridgehead atoms. The van der Waals surface area contributed by atoms with Crippen molar-refractivity contribution >= 4 is 11.6 Å². The minimum atomic E-state index is -0.354. The summed E-state index contributed by atoms with van der Waals surface area (Å²) in [6.45, 7) is 0.225. The fourth-order valence-electron chi connectivity index (χ4n) is 3.30. The van der Waals surface area contributed by atoms with Gasteiger partial charge < -0.3 is 23.9 Å². The van der Waals surface area contributed by atoms with Crippen LogP contribution >= 0.6 is 0 Å². The maximum absolute atomic E-state index is 12.9. The van der Waals surface area contributed by atoms with Crippen LogP contribution in [0.4, 0.5) is 5.69 Å². The van der Waals surface area contributed by atoms with E-state index in [1.54, 1.807) is 26.4 Å². The number of carbonyl (C=O) groups is 1. The number of methoxy groups -OCH3 is 2. The molecule has 1 amide bonds. The molecule has 0 aliphatic carbocycles. The molecule has 1 N–H and O–H groups in total. The van der Waals surface area contributed by atoms with Crippen LogP contribution in [-0.4, -0.2) is 20.1 Å². The highest BCUT2D eigenvalue weighted by molar-refractivity contribution is 6.03. The lowest BCUT2D eigenvalue weighted by Crippen LogP contribution is -2.13. The molecule has 0 radical (unpaired) electrons. The summed E-state index contributed by atoms with van der Waals surface area (Å²) in [6, 6.07) is 24.2. The summed E-state index contributed by atoms with van der Waals surface area (Å²) in [7, 11) is 3.24. The first kappa shape index (κ1) is 21.1. The predicted octanol–water partition coefficient (Wildman–Crippen LogP) is 5.80. The van der Waals surface area contributed by atoms with Gasteiger partial charge in [-0.05, 0) is 54.1 Å². The molecule has 1 heterocycles. The molecule has 0 spiro atoms. The molecule has 6 nitrogen and oxygen atoms in total. The molecule has 3 aromatic carbocycles. The van der Waals surface area contributed by atoms with Crippen molar-refractivity contribution in [3.8, 4) is 28.4 Å². The second-order valence-electron chi connectivity index (χ2n) is 6.97. The van der Waals surface area contributed by atoms with Gasteiger partial charge in [0.1, 0.15) is 23.9 Å². The first-order valence-corrected chi connectivity index (χ1v) is 10.1. The maximum atomic E-state index is 12.9. The van der Waals surface area contributed by atoms with Gasteiger partial charge in [0, 0.05) is 16.8 Å². The van der Waals surface area contributed by atoms with E-state index in [1.165, 1.54) is 6.26 Å². The van der Waals surface area contributed by atoms with Crippen molar-refractivity contribution in [3.63, 3.8) is 0 Å². The predicted molar refractivity (Wildman–Crippen MR) is 122 cm³/mol. The highest BCUT2D eigenvalue weighted by atomic mass is 16.5. The average molecular weight is 429 g/mol. The summed E-state index contributed by atoms with van der Waals surface area (Å²) in [5.41, 5.74) is 3.07. The van der Waals surface area contributed by atoms with Crippen LogP contribution < -0.4 is 19.5 Å². The molecule has 0 fully saturated rings. The van der Waals surface area contributed by atoms with Gasteiger partial charge in [0.2, 0.25) is 0 Å². The van der Waals surface area contributed by atoms with Gasteiger partial charge in [-0.3, -0.25) is 4.79 Å². The third-order valence-electron chi connectivity index (χ3n) is 4.95. The molecule has 0 saturated heterocycles. The number of para-hydroxylation sites is 1. The summed E-state index contributed by atoms with van der Waals surface area (Å²) < 4.78 is 21.9. The summed E-state index contributed by atoms with van der Waals surface area (Å²) in [5, 5.41) is 2.90. The number of nitrogens with one attached hydrogen (secondary N) is 1. The van der Waals surface area contributed by atoms with Crippen molar-refractivity contribution in [2.45, 2.75) is 6.61 Å². The first-order chi connectivity index (χ1) is 15.7. The number of hydrogen-bond donors (Lipinski definition) is 1. The number of amides is 1. The van der Waals surface area contributed by atoms with Gasteiger partial charge in [0.05, 0.1) is 20.5 Å². The van der Waals surface area contributed by atoms with Gasteiger partial charge in [0.25, 0.3) is 5.91 Å². The molecule has 6 heteroatoms. The average Bonchev–Trinajstić information content (AvgIpc) is 3.32. The van der Waals surface area contributed by atoms with E-state index in [4.69, 9.17) is 18.6 Å². The standard InChI is InChI=1S/C26H23NO5/c1-29-21-11-8-18(9-12-21)23-16-20(10-13-24(23)30-2)27-26(28)25-19(14-15-31-25)17-32-22-6-4-3-5-7-22/h3-16H,17H2,1-2H3,(H,27,28). The van der Waals surface area contributed by atoms with Gasteiger partial charge >= 0.3 is 0 Å². The summed E-state index contributed by atoms with van der Waals surface area (Å²) in [4.78, 5) is 12.9. The number of furan rings is 1. The van der Waals surface area contributed by atoms with E-state index < -0.39 is 0 Å². The number of carbonyl (C=O) groups excluding carboxylic acids is 1. The van der Waals surface area contributed by atoms with Crippen molar-refractivity contribution < 1.29 is 23.4 Å². The second-order valence-corrected chi connectivity index (χ2v) is 6.97. The summed E-state index contributed by atoms with van der Waals surface area (Å²) >= 11 is 0. The Morgan fingerprint density at radius 2 is 1.66 bits per heavy atom. The van der Waals surface area contributed by atoms with Crippen molar-refractivity contribution in [2.24, 2.45) is 0 Å². The van der Waals surface area contributed by atoms with Gasteiger partial charge in [-0.25, -0.2) is 0 Å². The van der Waals surface area contributed by atoms with Crippen LogP contribution in [0.5, 0.6) is 17.2 Å². The summed E-state index contributed by atoms with van der Waals surface area (Å²) in [5.74, 6) is 2.04. The Balaban J connectivity index is 1.52. The third-order valence-corrected chi connectivity index (χ3v) is 4.95. The van der Waals surface area contributed by atoms with Gasteiger partial charge in [0.15, 0.2) is 5.76 Å². The van der Waals surface area contributed by atoms with Gasteiger partial charge in [-0.2, -0.15) is 0 Å². The van der Waals surface area contributed by atoms with E-state index in [9.17, 15) is 4.79 Å². The topological polar surface area (TPSA) is 69.9 Å². The van der Waals surface area contributed by atoms with E-state index in [0.29, 0.717) is 17.0 Å². The Labute approximate surface area is 186 Å². The van der Waals surface area contributed by atoms with E-state index in [1.807, 2.05) is 66.7 Å². The number of ether oxygens (including phenoxy) is 3. The van der Waals surface area contributed by atoms with Crippen LogP contribution in [0.1, 0.15) is 16.1 Å². The van der Waals surface area contributed by atoms with Crippen molar-refractivity contribution in [3.05, 3.63) is 96.4 Å². The molecular formula is C26H23NO5. The lowest BCUT2D eigenvalue weighted by molar-refractivity contribution is 0.0993. The number of anilines is 1. The SMILES string of the molecule is COc1ccc(-c2cc(NC(=O)c3occc3COc3ccccc3)ccc2OC)cc1. The van der Waals surface area contributed by atoms with Crippen LogP contribution in [0.3, 0.4) is 0 Å². The minimum Gasteiger partial charge on any atom is -0.497 e.